The Labute approximate surface area is 131 Å². The summed E-state index contributed by atoms with van der Waals surface area (Å²) in [5.41, 5.74) is 0. The average Bonchev–Trinajstić information content (AvgIpc) is 2.80. The van der Waals surface area contributed by atoms with Crippen molar-refractivity contribution < 1.29 is 22.5 Å². The lowest BCUT2D eigenvalue weighted by Gasteiger charge is -2.27. The molecule has 0 radical (unpaired) electrons. The second-order valence-electron chi connectivity index (χ2n) is 4.35. The van der Waals surface area contributed by atoms with Crippen LogP contribution in [0.15, 0.2) is 43.0 Å². The van der Waals surface area contributed by atoms with Crippen LogP contribution in [0.25, 0.3) is 0 Å². The van der Waals surface area contributed by atoms with Gasteiger partial charge in [-0.25, -0.2) is 0 Å². The van der Waals surface area contributed by atoms with Gasteiger partial charge in [0.2, 0.25) is 4.27 Å². The Bertz CT molecular complexity index is 628. The van der Waals surface area contributed by atoms with Gasteiger partial charge in [-0.3, -0.25) is 9.35 Å². The number of rotatable bonds is 6. The number of carbonyl (C=O) groups excluding carboxylic acids is 1. The summed E-state index contributed by atoms with van der Waals surface area (Å²) in [7, 11) is -4.25. The molecule has 114 valence electrons. The number of hydrogen-bond donors (Lipinski definition) is 1. The SMILES string of the molecule is C=CC(=O)C1CSC(CS(=O)(=O)O)(Oc2ccccc2)S1. The molecule has 1 N–H and O–H groups in total. The molecule has 1 heterocycles. The van der Waals surface area contributed by atoms with Gasteiger partial charge < -0.3 is 4.74 Å². The summed E-state index contributed by atoms with van der Waals surface area (Å²) in [5, 5.41) is -0.432. The van der Waals surface area contributed by atoms with Crippen LogP contribution in [-0.4, -0.2) is 39.8 Å². The number of hydrogen-bond acceptors (Lipinski definition) is 6. The molecule has 1 aliphatic rings. The van der Waals surface area contributed by atoms with Gasteiger partial charge in [0.1, 0.15) is 11.5 Å². The first kappa shape index (κ1) is 16.4. The summed E-state index contributed by atoms with van der Waals surface area (Å²) in [5.74, 6) is 0.109. The summed E-state index contributed by atoms with van der Waals surface area (Å²) in [6.45, 7) is 3.43. The van der Waals surface area contributed by atoms with Gasteiger partial charge in [0.15, 0.2) is 5.78 Å². The minimum Gasteiger partial charge on any atom is -0.466 e. The monoisotopic (exact) mass is 346 g/mol. The maximum absolute atomic E-state index is 11.7. The molecule has 0 spiro atoms. The standard InChI is InChI=1S/C13H14O5S3/c1-2-11(14)12-8-19-13(20-12,9-21(15,16)17)18-10-6-4-3-5-7-10/h2-7,12H,1,8-9H2,(H,15,16,17). The van der Waals surface area contributed by atoms with Crippen molar-refractivity contribution in [2.75, 3.05) is 11.5 Å². The van der Waals surface area contributed by atoms with Crippen molar-refractivity contribution in [2.45, 2.75) is 9.52 Å². The Kier molecular flexibility index (Phi) is 5.03. The van der Waals surface area contributed by atoms with Crippen LogP contribution in [-0.2, 0) is 14.9 Å². The molecule has 0 amide bonds. The number of para-hydroxylation sites is 1. The lowest BCUT2D eigenvalue weighted by molar-refractivity contribution is -0.113. The Balaban J connectivity index is 2.24. The van der Waals surface area contributed by atoms with E-state index in [1.165, 1.54) is 17.8 Å². The van der Waals surface area contributed by atoms with E-state index in [1.807, 2.05) is 0 Å². The smallest absolute Gasteiger partial charge is 0.270 e. The van der Waals surface area contributed by atoms with E-state index in [-0.39, 0.29) is 5.78 Å². The molecule has 0 aliphatic carbocycles. The molecule has 0 bridgehead atoms. The largest absolute Gasteiger partial charge is 0.466 e. The Morgan fingerprint density at radius 1 is 1.48 bits per heavy atom. The molecule has 2 rings (SSSR count). The first-order chi connectivity index (χ1) is 9.84. The number of ketones is 1. The molecule has 1 aliphatic heterocycles. The van der Waals surface area contributed by atoms with E-state index in [4.69, 9.17) is 9.29 Å². The molecular weight excluding hydrogens is 332 g/mol. The number of carbonyl (C=O) groups is 1. The van der Waals surface area contributed by atoms with E-state index < -0.39 is 25.4 Å². The lowest BCUT2D eigenvalue weighted by Crippen LogP contribution is -2.35. The number of benzene rings is 1. The van der Waals surface area contributed by atoms with Crippen LogP contribution in [0.3, 0.4) is 0 Å². The summed E-state index contributed by atoms with van der Waals surface area (Å²) in [6, 6.07) is 8.70. The second-order valence-corrected chi connectivity index (χ2v) is 8.80. The average molecular weight is 346 g/mol. The number of allylic oxidation sites excluding steroid dienone is 1. The minimum atomic E-state index is -4.25. The Morgan fingerprint density at radius 3 is 2.71 bits per heavy atom. The fourth-order valence-corrected chi connectivity index (χ4v) is 6.63. The van der Waals surface area contributed by atoms with E-state index >= 15 is 0 Å². The molecule has 2 atom stereocenters. The van der Waals surface area contributed by atoms with Crippen molar-refractivity contribution in [3.05, 3.63) is 43.0 Å². The van der Waals surface area contributed by atoms with Gasteiger partial charge in [-0.1, -0.05) is 36.5 Å². The van der Waals surface area contributed by atoms with Gasteiger partial charge in [-0.2, -0.15) is 8.42 Å². The normalized spacial score (nSPS) is 25.5. The van der Waals surface area contributed by atoms with E-state index in [1.54, 1.807) is 30.3 Å². The molecule has 8 heteroatoms. The van der Waals surface area contributed by atoms with Gasteiger partial charge in [0, 0.05) is 5.75 Å². The van der Waals surface area contributed by atoms with Crippen LogP contribution in [0.5, 0.6) is 5.75 Å². The first-order valence-electron chi connectivity index (χ1n) is 6.01. The quantitative estimate of drug-likeness (QED) is 0.625. The van der Waals surface area contributed by atoms with Crippen LogP contribution < -0.4 is 4.74 Å². The van der Waals surface area contributed by atoms with E-state index in [0.29, 0.717) is 11.5 Å². The maximum Gasteiger partial charge on any atom is 0.270 e. The van der Waals surface area contributed by atoms with Crippen LogP contribution >= 0.6 is 23.5 Å². The Hall–Kier alpha value is -0.960. The van der Waals surface area contributed by atoms with Crippen LogP contribution in [0.1, 0.15) is 0 Å². The summed E-state index contributed by atoms with van der Waals surface area (Å²) in [6.07, 6.45) is 1.21. The second kappa shape index (κ2) is 6.43. The molecule has 21 heavy (non-hydrogen) atoms. The molecule has 1 aromatic rings. The molecule has 1 aromatic carbocycles. The van der Waals surface area contributed by atoms with Crippen LogP contribution in [0, 0.1) is 0 Å². The van der Waals surface area contributed by atoms with Crippen LogP contribution in [0.2, 0.25) is 0 Å². The third-order valence-electron chi connectivity index (χ3n) is 2.67. The van der Waals surface area contributed by atoms with E-state index in [2.05, 4.69) is 6.58 Å². The maximum atomic E-state index is 11.7. The zero-order valence-electron chi connectivity index (χ0n) is 11.0. The highest BCUT2D eigenvalue weighted by molar-refractivity contribution is 8.22. The third-order valence-corrected chi connectivity index (χ3v) is 7.10. The van der Waals surface area contributed by atoms with Crippen molar-refractivity contribution in [3.8, 4) is 5.75 Å². The van der Waals surface area contributed by atoms with Crippen molar-refractivity contribution in [3.63, 3.8) is 0 Å². The van der Waals surface area contributed by atoms with Crippen molar-refractivity contribution in [1.82, 2.24) is 0 Å². The van der Waals surface area contributed by atoms with Gasteiger partial charge in [0.25, 0.3) is 10.1 Å². The fraction of sp³-hybridized carbons (Fsp3) is 0.308. The zero-order valence-corrected chi connectivity index (χ0v) is 13.4. The topological polar surface area (TPSA) is 80.7 Å². The fourth-order valence-electron chi connectivity index (χ4n) is 1.81. The van der Waals surface area contributed by atoms with E-state index in [0.717, 1.165) is 11.8 Å². The predicted octanol–water partition coefficient (Wildman–Crippen LogP) is 2.21. The van der Waals surface area contributed by atoms with Crippen molar-refractivity contribution in [2.24, 2.45) is 0 Å². The van der Waals surface area contributed by atoms with Gasteiger partial charge in [-0.05, 0) is 18.2 Å². The Morgan fingerprint density at radius 2 is 2.14 bits per heavy atom. The first-order valence-corrected chi connectivity index (χ1v) is 9.48. The minimum absolute atomic E-state index is 0.179. The van der Waals surface area contributed by atoms with Gasteiger partial charge >= 0.3 is 0 Å². The molecule has 1 saturated heterocycles. The highest BCUT2D eigenvalue weighted by Crippen LogP contribution is 2.50. The molecular formula is C13H14O5S3. The van der Waals surface area contributed by atoms with Gasteiger partial charge in [0.05, 0.1) is 5.25 Å². The molecule has 0 saturated carbocycles. The number of thioether (sulfide) groups is 2. The van der Waals surface area contributed by atoms with E-state index in [9.17, 15) is 13.2 Å². The summed E-state index contributed by atoms with van der Waals surface area (Å²) >= 11 is 2.29. The molecule has 1 fully saturated rings. The van der Waals surface area contributed by atoms with Crippen LogP contribution in [0.4, 0.5) is 0 Å². The van der Waals surface area contributed by atoms with Gasteiger partial charge in [-0.15, -0.1) is 11.8 Å². The summed E-state index contributed by atoms with van der Waals surface area (Å²) in [4.78, 5) is 11.7. The third kappa shape index (κ3) is 4.50. The zero-order chi connectivity index (χ0) is 15.5. The highest BCUT2D eigenvalue weighted by Gasteiger charge is 2.48. The number of ether oxygens (including phenoxy) is 1. The molecule has 5 nitrogen and oxygen atoms in total. The van der Waals surface area contributed by atoms with Crippen molar-refractivity contribution in [1.29, 1.82) is 0 Å². The molecule has 2 unspecified atom stereocenters. The predicted molar refractivity (Wildman–Crippen MR) is 85.3 cm³/mol. The summed E-state index contributed by atoms with van der Waals surface area (Å²) < 4.78 is 36.2. The highest BCUT2D eigenvalue weighted by atomic mass is 32.2. The lowest BCUT2D eigenvalue weighted by atomic mass is 10.3. The van der Waals surface area contributed by atoms with Crippen molar-refractivity contribution >= 4 is 39.4 Å². The molecule has 0 aromatic heterocycles.